The van der Waals surface area contributed by atoms with Crippen LogP contribution in [0.25, 0.3) is 0 Å². The quantitative estimate of drug-likeness (QED) is 0.531. The van der Waals surface area contributed by atoms with Gasteiger partial charge in [0.2, 0.25) is 0 Å². The van der Waals surface area contributed by atoms with E-state index in [1.165, 1.54) is 39.0 Å². The molecular formula is C23H30O6. The maximum atomic E-state index is 13.6. The lowest BCUT2D eigenvalue weighted by atomic mass is 9.49. The molecule has 0 aromatic rings. The lowest BCUT2D eigenvalue weighted by Gasteiger charge is -2.60. The molecule has 6 bridgehead atoms. The van der Waals surface area contributed by atoms with Crippen molar-refractivity contribution in [3.8, 4) is 0 Å². The summed E-state index contributed by atoms with van der Waals surface area (Å²) in [7, 11) is 0. The van der Waals surface area contributed by atoms with Crippen LogP contribution in [0.15, 0.2) is 0 Å². The average molecular weight is 402 g/mol. The molecule has 7 rings (SSSR count). The van der Waals surface area contributed by atoms with Gasteiger partial charge in [-0.1, -0.05) is 6.92 Å². The van der Waals surface area contributed by atoms with Crippen molar-refractivity contribution in [1.29, 1.82) is 0 Å². The lowest BCUT2D eigenvalue weighted by Crippen LogP contribution is -2.60. The Labute approximate surface area is 171 Å². The zero-order valence-electron chi connectivity index (χ0n) is 17.2. The van der Waals surface area contributed by atoms with Crippen LogP contribution in [0.4, 0.5) is 0 Å². The molecular weight excluding hydrogens is 372 g/mol. The lowest BCUT2D eigenvalue weighted by molar-refractivity contribution is -0.218. The van der Waals surface area contributed by atoms with Gasteiger partial charge in [-0.2, -0.15) is 0 Å². The zero-order valence-corrected chi connectivity index (χ0v) is 17.2. The second-order valence-electron chi connectivity index (χ2n) is 10.6. The molecule has 29 heavy (non-hydrogen) atoms. The molecule has 6 unspecified atom stereocenters. The largest absolute Gasteiger partial charge is 0.458 e. The van der Waals surface area contributed by atoms with Crippen LogP contribution in [0.2, 0.25) is 0 Å². The normalized spacial score (nSPS) is 53.2. The number of hydrogen-bond donors (Lipinski definition) is 0. The molecule has 0 aromatic carbocycles. The molecule has 6 nitrogen and oxygen atoms in total. The minimum absolute atomic E-state index is 0.0227. The summed E-state index contributed by atoms with van der Waals surface area (Å²) in [4.78, 5) is 37.8. The van der Waals surface area contributed by atoms with E-state index in [9.17, 15) is 14.4 Å². The zero-order chi connectivity index (χ0) is 20.1. The van der Waals surface area contributed by atoms with Gasteiger partial charge >= 0.3 is 17.9 Å². The third-order valence-electron chi connectivity index (χ3n) is 9.48. The van der Waals surface area contributed by atoms with Gasteiger partial charge in [0, 0.05) is 18.8 Å². The van der Waals surface area contributed by atoms with Gasteiger partial charge in [-0.15, -0.1) is 0 Å². The third-order valence-corrected chi connectivity index (χ3v) is 9.48. The van der Waals surface area contributed by atoms with Gasteiger partial charge in [0.25, 0.3) is 0 Å². The van der Waals surface area contributed by atoms with Crippen molar-refractivity contribution in [1.82, 2.24) is 0 Å². The van der Waals surface area contributed by atoms with Crippen molar-refractivity contribution >= 4 is 17.9 Å². The Morgan fingerprint density at radius 3 is 2.28 bits per heavy atom. The molecule has 0 N–H and O–H groups in total. The number of rotatable bonds is 4. The third kappa shape index (κ3) is 2.32. The van der Waals surface area contributed by atoms with Gasteiger partial charge in [-0.3, -0.25) is 14.4 Å². The summed E-state index contributed by atoms with van der Waals surface area (Å²) in [5.74, 6) is 0.439. The van der Waals surface area contributed by atoms with E-state index in [-0.39, 0.29) is 41.4 Å². The van der Waals surface area contributed by atoms with Gasteiger partial charge in [0.05, 0.1) is 11.8 Å². The average Bonchev–Trinajstić information content (AvgIpc) is 3.27. The molecule has 6 heteroatoms. The standard InChI is InChI=1S/C23H30O6/c1-3-23(13-5-11-4-12(7-13)8-14(23)6-11)29-22(26)18-16-9-15-17(18)21(25)28-20(15)19(16)27-10(2)24/h11-20H,3-9H2,1-2H3. The van der Waals surface area contributed by atoms with Crippen LogP contribution in [-0.2, 0) is 28.6 Å². The van der Waals surface area contributed by atoms with E-state index in [1.807, 2.05) is 0 Å². The summed E-state index contributed by atoms with van der Waals surface area (Å²) in [5.41, 5.74) is -0.370. The van der Waals surface area contributed by atoms with E-state index in [0.717, 1.165) is 18.3 Å². The first-order valence-corrected chi connectivity index (χ1v) is 11.5. The Morgan fingerprint density at radius 1 is 1.03 bits per heavy atom. The van der Waals surface area contributed by atoms with Crippen LogP contribution in [0.5, 0.6) is 0 Å². The smallest absolute Gasteiger partial charge is 0.310 e. The highest BCUT2D eigenvalue weighted by molar-refractivity contribution is 5.86. The van der Waals surface area contributed by atoms with Crippen molar-refractivity contribution in [2.24, 2.45) is 47.3 Å². The maximum Gasteiger partial charge on any atom is 0.310 e. The highest BCUT2D eigenvalue weighted by Gasteiger charge is 2.71. The van der Waals surface area contributed by atoms with Crippen molar-refractivity contribution in [3.05, 3.63) is 0 Å². The fourth-order valence-corrected chi connectivity index (χ4v) is 8.71. The van der Waals surface area contributed by atoms with Crippen molar-refractivity contribution in [2.75, 3.05) is 0 Å². The molecule has 0 amide bonds. The van der Waals surface area contributed by atoms with E-state index in [1.54, 1.807) is 0 Å². The molecule has 0 radical (unpaired) electrons. The molecule has 1 saturated heterocycles. The first-order chi connectivity index (χ1) is 13.9. The summed E-state index contributed by atoms with van der Waals surface area (Å²) < 4.78 is 17.5. The first-order valence-electron chi connectivity index (χ1n) is 11.5. The Bertz CT molecular complexity index is 745. The molecule has 6 saturated carbocycles. The first kappa shape index (κ1) is 18.2. The molecule has 158 valence electrons. The van der Waals surface area contributed by atoms with Crippen molar-refractivity contribution in [3.63, 3.8) is 0 Å². The molecule has 7 aliphatic rings. The second-order valence-corrected chi connectivity index (χ2v) is 10.6. The number of carbonyl (C=O) groups is 3. The van der Waals surface area contributed by atoms with E-state index in [2.05, 4.69) is 6.92 Å². The summed E-state index contributed by atoms with van der Waals surface area (Å²) >= 11 is 0. The Morgan fingerprint density at radius 2 is 1.69 bits per heavy atom. The molecule has 7 fully saturated rings. The van der Waals surface area contributed by atoms with Gasteiger partial charge in [0.1, 0.15) is 17.8 Å². The fourth-order valence-electron chi connectivity index (χ4n) is 8.71. The van der Waals surface area contributed by atoms with Crippen LogP contribution >= 0.6 is 0 Å². The minimum atomic E-state index is -0.531. The second kappa shape index (κ2) is 5.98. The number of fused-ring (bicyclic) bond motifs is 1. The van der Waals surface area contributed by atoms with E-state index in [0.29, 0.717) is 18.3 Å². The topological polar surface area (TPSA) is 78.9 Å². The van der Waals surface area contributed by atoms with Gasteiger partial charge < -0.3 is 14.2 Å². The van der Waals surface area contributed by atoms with E-state index < -0.39 is 17.9 Å². The van der Waals surface area contributed by atoms with Crippen LogP contribution < -0.4 is 0 Å². The van der Waals surface area contributed by atoms with Crippen molar-refractivity contribution < 1.29 is 28.6 Å². The van der Waals surface area contributed by atoms with E-state index in [4.69, 9.17) is 14.2 Å². The Kier molecular flexibility index (Phi) is 3.75. The number of ether oxygens (including phenoxy) is 3. The molecule has 0 spiro atoms. The van der Waals surface area contributed by atoms with E-state index >= 15 is 0 Å². The van der Waals surface area contributed by atoms with Crippen LogP contribution in [0.1, 0.15) is 58.8 Å². The molecule has 1 heterocycles. The predicted octanol–water partition coefficient (Wildman–Crippen LogP) is 2.87. The summed E-state index contributed by atoms with van der Waals surface area (Å²) in [6.45, 7) is 3.52. The van der Waals surface area contributed by atoms with Gasteiger partial charge in [-0.25, -0.2) is 0 Å². The molecule has 6 aliphatic carbocycles. The maximum absolute atomic E-state index is 13.6. The number of esters is 3. The monoisotopic (exact) mass is 402 g/mol. The van der Waals surface area contributed by atoms with Crippen LogP contribution in [0, 0.1) is 47.3 Å². The molecule has 1 aliphatic heterocycles. The van der Waals surface area contributed by atoms with Gasteiger partial charge in [0.15, 0.2) is 0 Å². The summed E-state index contributed by atoms with van der Waals surface area (Å²) in [5, 5.41) is 0. The molecule has 0 aromatic heterocycles. The summed E-state index contributed by atoms with van der Waals surface area (Å²) in [6, 6.07) is 0. The summed E-state index contributed by atoms with van der Waals surface area (Å²) in [6.07, 6.45) is 6.72. The Hall–Kier alpha value is -1.59. The minimum Gasteiger partial charge on any atom is -0.458 e. The Balaban J connectivity index is 1.28. The highest BCUT2D eigenvalue weighted by atomic mass is 16.6. The van der Waals surface area contributed by atoms with Gasteiger partial charge in [-0.05, 0) is 68.6 Å². The SMILES string of the molecule is CCC1(OC(=O)C2C3CC4C(OC(=O)C42)C3OC(C)=O)C2CC3CC(C2)CC1C3. The molecule has 6 atom stereocenters. The number of hydrogen-bond acceptors (Lipinski definition) is 6. The predicted molar refractivity (Wildman–Crippen MR) is 100 cm³/mol. The van der Waals surface area contributed by atoms with Crippen LogP contribution in [0.3, 0.4) is 0 Å². The fraction of sp³-hybridized carbons (Fsp3) is 0.870. The van der Waals surface area contributed by atoms with Crippen molar-refractivity contribution in [2.45, 2.75) is 76.6 Å². The van der Waals surface area contributed by atoms with Crippen LogP contribution in [-0.4, -0.2) is 35.7 Å². The number of carbonyl (C=O) groups excluding carboxylic acids is 3. The highest BCUT2D eigenvalue weighted by Crippen LogP contribution is 2.63.